The Morgan fingerprint density at radius 3 is 1.23 bits per heavy atom. The van der Waals surface area contributed by atoms with Crippen LogP contribution in [0.25, 0.3) is 11.4 Å². The van der Waals surface area contributed by atoms with E-state index in [9.17, 15) is 38.4 Å². The van der Waals surface area contributed by atoms with Crippen LogP contribution in [-0.2, 0) is 33.8 Å². The van der Waals surface area contributed by atoms with Crippen molar-refractivity contribution in [2.45, 2.75) is 178 Å². The normalized spacial score (nSPS) is 10.7. The Kier molecular flexibility index (Phi) is 42.7. The number of unbranched alkanes of at least 4 members (excludes halogenated alkanes) is 4. The van der Waals surface area contributed by atoms with Crippen molar-refractivity contribution < 1.29 is 58.3 Å². The minimum atomic E-state index is -1.48. The number of carbonyl (C=O) groups excluding carboxylic acids is 5. The molecule has 12 N–H and O–H groups in total. The van der Waals surface area contributed by atoms with Gasteiger partial charge in [0.1, 0.15) is 34.7 Å². The zero-order valence-electron chi connectivity index (χ0n) is 65.4. The van der Waals surface area contributed by atoms with Crippen molar-refractivity contribution in [2.24, 2.45) is 5.73 Å². The second-order valence-electron chi connectivity index (χ2n) is 28.0. The van der Waals surface area contributed by atoms with E-state index >= 15 is 0 Å². The van der Waals surface area contributed by atoms with E-state index in [1.165, 1.54) is 52.4 Å². The van der Waals surface area contributed by atoms with Crippen LogP contribution in [0.15, 0.2) is 160 Å². The summed E-state index contributed by atoms with van der Waals surface area (Å²) in [5, 5.41) is 38.2. The molecule has 111 heavy (non-hydrogen) atoms. The summed E-state index contributed by atoms with van der Waals surface area (Å²) in [5.41, 5.74) is 19.1. The second-order valence-corrected chi connectivity index (χ2v) is 31.5. The van der Waals surface area contributed by atoms with Crippen LogP contribution >= 0.6 is 67.8 Å². The molecular weight excluding hydrogens is 1760 g/mol. The summed E-state index contributed by atoms with van der Waals surface area (Å²) in [5.74, 6) is 0.476. The summed E-state index contributed by atoms with van der Waals surface area (Å²) < 4.78 is 21.5. The number of halogens is 3. The van der Waals surface area contributed by atoms with Gasteiger partial charge in [-0.25, -0.2) is 33.8 Å². The number of aromatic amines is 1. The molecule has 0 aliphatic rings. The highest BCUT2D eigenvalue weighted by Gasteiger charge is 2.26. The first-order valence-corrected chi connectivity index (χ1v) is 39.4. The number of rotatable bonds is 24. The van der Waals surface area contributed by atoms with Crippen LogP contribution < -0.4 is 50.5 Å². The average molecular weight is 1870 g/mol. The zero-order valence-corrected chi connectivity index (χ0v) is 71.9. The second kappa shape index (κ2) is 49.0. The fourth-order valence-corrected chi connectivity index (χ4v) is 10.4. The van der Waals surface area contributed by atoms with Gasteiger partial charge in [-0.2, -0.15) is 9.97 Å². The van der Waals surface area contributed by atoms with Gasteiger partial charge >= 0.3 is 49.6 Å². The summed E-state index contributed by atoms with van der Waals surface area (Å²) >= 11 is 6.06. The molecule has 0 atom stereocenters. The molecule has 600 valence electrons. The smallest absolute Gasteiger partial charge is 0.444 e. The minimum Gasteiger partial charge on any atom is -0.444 e. The first-order valence-electron chi connectivity index (χ1n) is 36.1. The Morgan fingerprint density at radius 2 is 0.901 bits per heavy atom. The molecule has 4 amide bonds. The predicted molar refractivity (Wildman–Crippen MR) is 462 cm³/mol. The molecule has 8 rings (SSSR count). The van der Waals surface area contributed by atoms with E-state index in [2.05, 4.69) is 52.9 Å². The van der Waals surface area contributed by atoms with Gasteiger partial charge in [0.2, 0.25) is 0 Å². The van der Waals surface area contributed by atoms with E-state index in [1.54, 1.807) is 75.6 Å². The van der Waals surface area contributed by atoms with E-state index in [0.717, 1.165) is 65.3 Å². The monoisotopic (exact) mass is 1870 g/mol. The van der Waals surface area contributed by atoms with E-state index in [4.69, 9.17) is 51.5 Å². The number of amides is 4. The van der Waals surface area contributed by atoms with Gasteiger partial charge in [-0.15, -0.1) is 0 Å². The molecule has 0 saturated heterocycles. The van der Waals surface area contributed by atoms with Crippen molar-refractivity contribution in [3.63, 3.8) is 0 Å². The summed E-state index contributed by atoms with van der Waals surface area (Å²) in [7, 11) is -2.94. The lowest BCUT2D eigenvalue weighted by Crippen LogP contribution is -2.37. The van der Waals surface area contributed by atoms with Gasteiger partial charge in [-0.3, -0.25) is 23.7 Å². The Morgan fingerprint density at radius 1 is 0.532 bits per heavy atom. The van der Waals surface area contributed by atoms with Gasteiger partial charge < -0.3 is 71.5 Å². The zero-order chi connectivity index (χ0) is 83.2. The molecule has 3 aromatic heterocycles. The van der Waals surface area contributed by atoms with Crippen LogP contribution in [0.5, 0.6) is 0 Å². The Balaban J connectivity index is 0.000000378. The largest absolute Gasteiger partial charge is 0.488 e. The van der Waals surface area contributed by atoms with E-state index in [1.807, 2.05) is 185 Å². The van der Waals surface area contributed by atoms with Crippen LogP contribution in [0.4, 0.5) is 31.8 Å². The van der Waals surface area contributed by atoms with Crippen molar-refractivity contribution in [3.05, 3.63) is 216 Å². The molecule has 0 unspecified atom stereocenters. The Hall–Kier alpha value is -8.59. The van der Waals surface area contributed by atoms with Gasteiger partial charge in [-0.05, 0) is 226 Å². The first-order chi connectivity index (χ1) is 52.2. The lowest BCUT2D eigenvalue weighted by molar-refractivity contribution is 0.0221. The molecule has 5 aromatic carbocycles. The summed E-state index contributed by atoms with van der Waals surface area (Å²) in [6.07, 6.45) is 12.5. The molecule has 0 spiro atoms. The maximum absolute atomic E-state index is 12.7. The topological polar surface area (TPSA) is 409 Å². The number of anilines is 3. The number of nitrogen functional groups attached to an aromatic ring is 2. The third kappa shape index (κ3) is 37.5. The average Bonchev–Trinajstić information content (AvgIpc) is 0.815. The Bertz CT molecular complexity index is 4350. The van der Waals surface area contributed by atoms with Crippen molar-refractivity contribution in [1.82, 2.24) is 43.8 Å². The van der Waals surface area contributed by atoms with Crippen molar-refractivity contribution in [1.29, 1.82) is 0 Å². The van der Waals surface area contributed by atoms with E-state index < -0.39 is 48.1 Å². The lowest BCUT2D eigenvalue weighted by Gasteiger charge is -2.27. The fraction of sp³-hybridized carbons (Fsp3) is 0.397. The van der Waals surface area contributed by atoms with Crippen LogP contribution in [0.3, 0.4) is 0 Å². The fourth-order valence-electron chi connectivity index (χ4n) is 9.16. The molecule has 0 aliphatic carbocycles. The quantitative estimate of drug-likeness (QED) is 0.0117. The van der Waals surface area contributed by atoms with Crippen LogP contribution in [0.1, 0.15) is 179 Å². The van der Waals surface area contributed by atoms with Crippen molar-refractivity contribution in [2.75, 3.05) is 43.0 Å². The van der Waals surface area contributed by atoms with Gasteiger partial charge in [0.05, 0.1) is 22.1 Å². The van der Waals surface area contributed by atoms with E-state index in [0.29, 0.717) is 91.9 Å². The SMILES string of the molecule is CCCCN.CCCCN(Cc1ccc(-n2cc(I)c(N)nc2=O)cc1)C(=O)OC(C)(C)C.CCCCN(Cc1ccc(-n2cc(I)c(NC(=O)c3ccccc3)nc2=O)cc1)C(=O)OC(C)(C)C.CCCCN(Cc1ccc(B(O)O)cc1)C(=O)OC(C)(C)C.Nc1[nH]c(=O)ncc1I.O=Cc1ccc(B(O)O)cc1. The number of hydrogen-bond donors (Lipinski definition) is 9. The number of nitrogens with two attached hydrogens (primary N) is 3. The Labute approximate surface area is 691 Å². The van der Waals surface area contributed by atoms with E-state index in [-0.39, 0.29) is 35.8 Å². The van der Waals surface area contributed by atoms with Gasteiger partial charge in [0, 0.05) is 69.0 Å². The highest BCUT2D eigenvalue weighted by atomic mass is 127. The number of nitrogens with zero attached hydrogens (tertiary/aromatic N) is 8. The number of carbonyl (C=O) groups is 5. The van der Waals surface area contributed by atoms with Crippen LogP contribution in [0.2, 0.25) is 0 Å². The summed E-state index contributed by atoms with van der Waals surface area (Å²) in [6.45, 7) is 29.0. The summed E-state index contributed by atoms with van der Waals surface area (Å²) in [4.78, 5) is 114. The molecule has 0 saturated carbocycles. The van der Waals surface area contributed by atoms with Gasteiger partial charge in [0.15, 0.2) is 5.82 Å². The number of nitrogens with one attached hydrogen (secondary N) is 2. The number of ether oxygens (including phenoxy) is 3. The molecule has 3 heterocycles. The molecule has 33 heteroatoms. The van der Waals surface area contributed by atoms with Crippen LogP contribution in [0, 0.1) is 10.7 Å². The summed E-state index contributed by atoms with van der Waals surface area (Å²) in [6, 6.07) is 36.5. The number of H-pyrrole nitrogens is 1. The molecule has 0 fully saturated rings. The van der Waals surface area contributed by atoms with Gasteiger partial charge in [-0.1, -0.05) is 144 Å². The minimum absolute atomic E-state index is 0.214. The molecule has 0 bridgehead atoms. The molecule has 0 aliphatic heterocycles. The third-order valence-electron chi connectivity index (χ3n) is 14.9. The lowest BCUT2D eigenvalue weighted by atomic mass is 9.80. The number of hydrogen-bond acceptors (Lipinski definition) is 21. The van der Waals surface area contributed by atoms with Crippen molar-refractivity contribution in [3.8, 4) is 11.4 Å². The standard InChI is InChI=1S/C27H31IN4O4.C20H27IN4O3.C16H26BNO4.C7H7BO3.C4H4IN3O.C4H11N/c1-5-6-16-31(26(35)36-27(2,3)4)17-19-12-14-21(15-13-19)32-18-22(28)23(30-25(32)34)29-24(33)20-10-8-7-9-11-20;1-5-6-11-24(19(27)28-20(2,3)4)12-14-7-9-15(10-8-14)25-13-16(21)17(22)23-18(25)26;1-5-6-11-18(15(19)22-16(2,3)4)12-13-7-9-14(10-8-13)17(20)21;9-5-6-1-3-7(4-2-6)8(10)11;5-2-1-7-4(9)8-3(2)6;1-2-3-4-5/h7-15,18H,5-6,16-17H2,1-4H3,(H,29,30,33,34);7-10,13H,5-6,11-12H2,1-4H3,(H2,22,23,26);7-10,20-21H,5-6,11-12H2,1-4H3;1-5,10-11H;1H,(H3,6,7,8,9);2-5H2,1H3. The number of benzene rings is 5. The molecular formula is C78H106B2I3N13O15. The van der Waals surface area contributed by atoms with Crippen molar-refractivity contribution >= 4 is 141 Å². The highest BCUT2D eigenvalue weighted by molar-refractivity contribution is 14.1. The predicted octanol–water partition coefficient (Wildman–Crippen LogP) is 11.4. The maximum Gasteiger partial charge on any atom is 0.488 e. The highest BCUT2D eigenvalue weighted by Crippen LogP contribution is 2.22. The molecule has 28 nitrogen and oxygen atoms in total. The number of aromatic nitrogens is 6. The maximum atomic E-state index is 12.7. The van der Waals surface area contributed by atoms with Crippen LogP contribution in [-0.4, -0.2) is 152 Å². The molecule has 8 aromatic rings. The third-order valence-corrected chi connectivity index (χ3v) is 17.4. The van der Waals surface area contributed by atoms with Gasteiger partial charge in [0.25, 0.3) is 5.91 Å². The number of aldehydes is 1. The first kappa shape index (κ1) is 96.6. The molecule has 0 radical (unpaired) electrons.